The van der Waals surface area contributed by atoms with E-state index in [2.05, 4.69) is 59.0 Å². The van der Waals surface area contributed by atoms with Crippen molar-refractivity contribution < 1.29 is 18.4 Å². The maximum absolute atomic E-state index is 13.8. The highest BCUT2D eigenvalue weighted by molar-refractivity contribution is 7.99. The molecule has 1 atom stereocenters. The summed E-state index contributed by atoms with van der Waals surface area (Å²) in [4.78, 5) is 28.5. The summed E-state index contributed by atoms with van der Waals surface area (Å²) in [5.41, 5.74) is 4.94. The zero-order chi connectivity index (χ0) is 43.1. The molecule has 3 N–H and O–H groups in total. The van der Waals surface area contributed by atoms with Crippen molar-refractivity contribution in [1.82, 2.24) is 19.8 Å². The van der Waals surface area contributed by atoms with Gasteiger partial charge in [-0.1, -0.05) is 66.2 Å². The van der Waals surface area contributed by atoms with E-state index in [1.807, 2.05) is 72.8 Å². The van der Waals surface area contributed by atoms with Crippen LogP contribution >= 0.6 is 23.4 Å². The highest BCUT2D eigenvalue weighted by Crippen LogP contribution is 2.33. The molecule has 2 aliphatic rings. The Balaban J connectivity index is 0.937. The molecule has 8 rings (SSSR count). The molecule has 3 heterocycles. The molecule has 0 radical (unpaired) electrons. The average Bonchev–Trinajstić information content (AvgIpc) is 3.28. The Morgan fingerprint density at radius 1 is 0.855 bits per heavy atom. The lowest BCUT2D eigenvalue weighted by molar-refractivity contribution is -0.384. The Kier molecular flexibility index (Phi) is 13.9. The van der Waals surface area contributed by atoms with Crippen LogP contribution < -0.4 is 14.9 Å². The summed E-state index contributed by atoms with van der Waals surface area (Å²) in [6.07, 6.45) is 3.18. The molecular formula is C46H49ClN8O5S2. The van der Waals surface area contributed by atoms with Gasteiger partial charge in [-0.25, -0.2) is 18.4 Å². The number of sulfonamides is 1. The summed E-state index contributed by atoms with van der Waals surface area (Å²) >= 11 is 8.09. The van der Waals surface area contributed by atoms with Gasteiger partial charge in [0.2, 0.25) is 0 Å². The molecule has 62 heavy (non-hydrogen) atoms. The number of rotatable bonds is 16. The SMILES string of the molecule is O=[N+]([O-])c1cc(S(=O)(=O)Nc2ncnc3cc(N4CCN(Cc5cc(Cl)ccc5-c5ccccc5)CC4)ccc23)ccc1NC(CCN1CCC(O)CC1)CSc1ccccc1. The van der Waals surface area contributed by atoms with Crippen LogP contribution in [0, 0.1) is 10.1 Å². The van der Waals surface area contributed by atoms with Crippen molar-refractivity contribution in [3.63, 3.8) is 0 Å². The molecule has 322 valence electrons. The highest BCUT2D eigenvalue weighted by atomic mass is 35.5. The minimum absolute atomic E-state index is 0.0789. The number of aromatic nitrogens is 2. The van der Waals surface area contributed by atoms with E-state index in [4.69, 9.17) is 11.6 Å². The second-order valence-corrected chi connectivity index (χ2v) is 18.9. The molecule has 0 amide bonds. The normalized spacial score (nSPS) is 16.0. The summed E-state index contributed by atoms with van der Waals surface area (Å²) < 4.78 is 30.3. The van der Waals surface area contributed by atoms with Crippen molar-refractivity contribution in [1.29, 1.82) is 0 Å². The number of piperidine rings is 1. The van der Waals surface area contributed by atoms with Crippen molar-refractivity contribution in [3.05, 3.63) is 142 Å². The van der Waals surface area contributed by atoms with Gasteiger partial charge in [0.05, 0.1) is 21.4 Å². The van der Waals surface area contributed by atoms with Gasteiger partial charge in [0.1, 0.15) is 12.0 Å². The van der Waals surface area contributed by atoms with Crippen LogP contribution in [0.15, 0.2) is 131 Å². The van der Waals surface area contributed by atoms with Gasteiger partial charge < -0.3 is 20.2 Å². The van der Waals surface area contributed by atoms with Gasteiger partial charge in [0, 0.05) is 91.2 Å². The van der Waals surface area contributed by atoms with E-state index < -0.39 is 14.9 Å². The molecule has 2 fully saturated rings. The Morgan fingerprint density at radius 2 is 1.60 bits per heavy atom. The van der Waals surface area contributed by atoms with Crippen LogP contribution in [0.1, 0.15) is 24.8 Å². The number of nitrogens with zero attached hydrogens (tertiary/aromatic N) is 6. The Morgan fingerprint density at radius 3 is 2.34 bits per heavy atom. The van der Waals surface area contributed by atoms with Crippen LogP contribution in [0.4, 0.5) is 22.9 Å². The molecule has 0 spiro atoms. The molecular weight excluding hydrogens is 844 g/mol. The zero-order valence-corrected chi connectivity index (χ0v) is 36.5. The molecule has 2 aliphatic heterocycles. The maximum Gasteiger partial charge on any atom is 0.293 e. The van der Waals surface area contributed by atoms with Gasteiger partial charge in [-0.05, 0) is 90.6 Å². The summed E-state index contributed by atoms with van der Waals surface area (Å²) in [6.45, 7) is 6.38. The van der Waals surface area contributed by atoms with Crippen LogP contribution in [-0.2, 0) is 16.6 Å². The summed E-state index contributed by atoms with van der Waals surface area (Å²) in [6, 6.07) is 35.8. The third kappa shape index (κ3) is 10.8. The molecule has 5 aromatic carbocycles. The zero-order valence-electron chi connectivity index (χ0n) is 34.1. The molecule has 1 aromatic heterocycles. The lowest BCUT2D eigenvalue weighted by Gasteiger charge is -2.36. The number of benzene rings is 5. The molecule has 16 heteroatoms. The van der Waals surface area contributed by atoms with E-state index in [0.717, 1.165) is 87.4 Å². The van der Waals surface area contributed by atoms with E-state index in [-0.39, 0.29) is 34.2 Å². The van der Waals surface area contributed by atoms with E-state index in [1.54, 1.807) is 11.8 Å². The number of fused-ring (bicyclic) bond motifs is 1. The third-order valence-corrected chi connectivity index (χ3v) is 14.3. The standard InChI is InChI=1S/C46H49ClN8O5S2/c47-35-11-14-41(33-7-3-1-4-8-33)34(27-35)30-53-23-25-54(26-24-53)37-12-15-42-44(28-37)48-32-49-46(42)51-62(59,60)40-13-16-43(45(29-40)55(57)58)50-36(31-61-39-9-5-2-6-10-39)17-20-52-21-18-38(56)19-22-52/h1-16,27-29,32,36,38,50,56H,17-26,30-31H2,(H,48,49,51). The largest absolute Gasteiger partial charge is 0.393 e. The molecule has 6 aromatic rings. The van der Waals surface area contributed by atoms with Crippen molar-refractivity contribution in [2.24, 2.45) is 0 Å². The Labute approximate surface area is 371 Å². The number of hydrogen-bond donors (Lipinski definition) is 3. The Bertz CT molecular complexity index is 2590. The number of nitro groups is 1. The van der Waals surface area contributed by atoms with Gasteiger partial charge in [0.15, 0.2) is 5.82 Å². The number of thioether (sulfide) groups is 1. The van der Waals surface area contributed by atoms with Crippen LogP contribution in [0.5, 0.6) is 0 Å². The van der Waals surface area contributed by atoms with Gasteiger partial charge in [-0.2, -0.15) is 0 Å². The van der Waals surface area contributed by atoms with E-state index in [1.165, 1.54) is 29.6 Å². The maximum atomic E-state index is 13.8. The van der Waals surface area contributed by atoms with Crippen LogP contribution in [0.3, 0.4) is 0 Å². The summed E-state index contributed by atoms with van der Waals surface area (Å²) in [5.74, 6) is 0.716. The number of halogens is 1. The first-order chi connectivity index (χ1) is 30.1. The number of nitro benzene ring substituents is 1. The summed E-state index contributed by atoms with van der Waals surface area (Å²) in [7, 11) is -4.30. The third-order valence-electron chi connectivity index (χ3n) is 11.5. The number of aliphatic hydroxyl groups excluding tert-OH is 1. The van der Waals surface area contributed by atoms with Crippen LogP contribution in [0.25, 0.3) is 22.0 Å². The average molecular weight is 894 g/mol. The monoisotopic (exact) mass is 892 g/mol. The first-order valence-corrected chi connectivity index (χ1v) is 23.6. The van der Waals surface area contributed by atoms with Crippen molar-refractivity contribution in [3.8, 4) is 11.1 Å². The van der Waals surface area contributed by atoms with Crippen molar-refractivity contribution in [2.75, 3.05) is 66.5 Å². The number of anilines is 3. The van der Waals surface area contributed by atoms with E-state index in [0.29, 0.717) is 28.1 Å². The number of piperazine rings is 1. The second-order valence-electron chi connectivity index (χ2n) is 15.7. The minimum Gasteiger partial charge on any atom is -0.393 e. The first kappa shape index (κ1) is 43.4. The van der Waals surface area contributed by atoms with Crippen molar-refractivity contribution >= 4 is 67.2 Å². The van der Waals surface area contributed by atoms with Gasteiger partial charge in [-0.3, -0.25) is 19.7 Å². The fourth-order valence-electron chi connectivity index (χ4n) is 8.07. The highest BCUT2D eigenvalue weighted by Gasteiger charge is 2.26. The fraction of sp³-hybridized carbons (Fsp3) is 0.304. The van der Waals surface area contributed by atoms with Crippen LogP contribution in [-0.4, -0.2) is 102 Å². The minimum atomic E-state index is -4.30. The van der Waals surface area contributed by atoms with Crippen LogP contribution in [0.2, 0.25) is 5.02 Å². The lowest BCUT2D eigenvalue weighted by Crippen LogP contribution is -2.46. The smallest absolute Gasteiger partial charge is 0.293 e. The predicted molar refractivity (Wildman–Crippen MR) is 249 cm³/mol. The van der Waals surface area contributed by atoms with Crippen molar-refractivity contribution in [2.45, 2.75) is 47.7 Å². The quantitative estimate of drug-likeness (QED) is 0.0485. The first-order valence-electron chi connectivity index (χ1n) is 20.8. The predicted octanol–water partition coefficient (Wildman–Crippen LogP) is 8.40. The fourth-order valence-corrected chi connectivity index (χ4v) is 10.3. The number of likely N-dealkylation sites (tertiary alicyclic amines) is 1. The van der Waals surface area contributed by atoms with Gasteiger partial charge in [-0.15, -0.1) is 11.8 Å². The lowest BCUT2D eigenvalue weighted by atomic mass is 9.99. The molecule has 13 nitrogen and oxygen atoms in total. The number of hydrogen-bond acceptors (Lipinski definition) is 12. The number of aliphatic hydroxyl groups is 1. The van der Waals surface area contributed by atoms with E-state index in [9.17, 15) is 23.6 Å². The topological polar surface area (TPSA) is 157 Å². The Hall–Kier alpha value is -5.29. The van der Waals surface area contributed by atoms with Gasteiger partial charge >= 0.3 is 0 Å². The van der Waals surface area contributed by atoms with Gasteiger partial charge in [0.25, 0.3) is 15.7 Å². The second kappa shape index (κ2) is 19.8. The number of nitrogens with one attached hydrogen (secondary N) is 2. The molecule has 0 saturated carbocycles. The van der Waals surface area contributed by atoms with E-state index >= 15 is 0 Å². The molecule has 2 saturated heterocycles. The molecule has 1 unspecified atom stereocenters. The molecule has 0 aliphatic carbocycles. The molecule has 0 bridgehead atoms. The summed E-state index contributed by atoms with van der Waals surface area (Å²) in [5, 5.41) is 27.0.